The smallest absolute Gasteiger partial charge is 0.273 e. The molecule has 0 unspecified atom stereocenters. The molecule has 4 heterocycles. The third-order valence-corrected chi connectivity index (χ3v) is 9.18. The van der Waals surface area contributed by atoms with E-state index in [-0.39, 0.29) is 5.84 Å². The van der Waals surface area contributed by atoms with Gasteiger partial charge in [0.15, 0.2) is 0 Å². The molecule has 3 N–H and O–H groups in total. The molecule has 0 atom stereocenters. The Labute approximate surface area is 195 Å². The third-order valence-electron chi connectivity index (χ3n) is 6.03. The molecule has 33 heavy (non-hydrogen) atoms. The summed E-state index contributed by atoms with van der Waals surface area (Å²) in [5.74, 6) is 0.223. The number of sulfonamides is 1. The van der Waals surface area contributed by atoms with E-state index in [0.717, 1.165) is 33.8 Å². The molecule has 0 spiro atoms. The molecule has 9 nitrogen and oxygen atoms in total. The van der Waals surface area contributed by atoms with E-state index < -0.39 is 10.0 Å². The molecule has 1 aliphatic heterocycles. The largest absolute Gasteiger partial charge is 0.367 e. The number of benzene rings is 1. The minimum atomic E-state index is -3.63. The molecular formula is C22H23N7O2S2. The molecule has 0 radical (unpaired) electrons. The van der Waals surface area contributed by atoms with Crippen LogP contribution >= 0.6 is 11.3 Å². The number of fused-ring (bicyclic) bond motifs is 3. The van der Waals surface area contributed by atoms with Crippen molar-refractivity contribution in [1.82, 2.24) is 14.9 Å². The number of nitrogens with zero attached hydrogens (tertiary/aromatic N) is 4. The van der Waals surface area contributed by atoms with E-state index in [0.29, 0.717) is 36.1 Å². The third kappa shape index (κ3) is 3.62. The van der Waals surface area contributed by atoms with Gasteiger partial charge < -0.3 is 20.2 Å². The summed E-state index contributed by atoms with van der Waals surface area (Å²) >= 11 is 1.20. The molecule has 11 heteroatoms. The maximum atomic E-state index is 13.0. The van der Waals surface area contributed by atoms with Gasteiger partial charge >= 0.3 is 0 Å². The van der Waals surface area contributed by atoms with Crippen LogP contribution in [0, 0.1) is 10.8 Å². The van der Waals surface area contributed by atoms with Crippen LogP contribution in [0.1, 0.15) is 0 Å². The summed E-state index contributed by atoms with van der Waals surface area (Å²) < 4.78 is 27.7. The maximum Gasteiger partial charge on any atom is 0.273 e. The fraction of sp³-hybridized carbons (Fsp3) is 0.227. The lowest BCUT2D eigenvalue weighted by Gasteiger charge is -2.36. The van der Waals surface area contributed by atoms with Crippen molar-refractivity contribution in [2.45, 2.75) is 4.21 Å². The Hall–Kier alpha value is -3.44. The van der Waals surface area contributed by atoms with E-state index in [1.165, 1.54) is 15.6 Å². The highest BCUT2D eigenvalue weighted by Gasteiger charge is 2.24. The number of hydrogen-bond donors (Lipinski definition) is 3. The van der Waals surface area contributed by atoms with E-state index in [9.17, 15) is 8.42 Å². The Morgan fingerprint density at radius 2 is 2.00 bits per heavy atom. The Kier molecular flexibility index (Phi) is 5.29. The van der Waals surface area contributed by atoms with Gasteiger partial charge in [-0.25, -0.2) is 13.4 Å². The van der Waals surface area contributed by atoms with E-state index in [2.05, 4.69) is 14.9 Å². The number of piperazine rings is 1. The molecule has 0 aliphatic carbocycles. The molecule has 1 fully saturated rings. The molecule has 0 bridgehead atoms. The average Bonchev–Trinajstić information content (AvgIpc) is 3.51. The summed E-state index contributed by atoms with van der Waals surface area (Å²) in [5.41, 5.74) is 3.24. The highest BCUT2D eigenvalue weighted by molar-refractivity contribution is 7.94. The summed E-state index contributed by atoms with van der Waals surface area (Å²) in [7, 11) is -2.06. The van der Waals surface area contributed by atoms with Crippen molar-refractivity contribution < 1.29 is 8.42 Å². The van der Waals surface area contributed by atoms with Gasteiger partial charge in [0.25, 0.3) is 10.0 Å². The fourth-order valence-electron chi connectivity index (χ4n) is 4.21. The van der Waals surface area contributed by atoms with Crippen LogP contribution in [-0.4, -0.2) is 68.6 Å². The van der Waals surface area contributed by atoms with Crippen LogP contribution in [0.25, 0.3) is 21.9 Å². The lowest BCUT2D eigenvalue weighted by atomic mass is 10.1. The summed E-state index contributed by atoms with van der Waals surface area (Å²) in [6, 6.07) is 10.9. The zero-order valence-electron chi connectivity index (χ0n) is 17.9. The SMILES string of the molecule is CN(c1ccc2[nH]c3nccc(N4CCN(C(=N)C=N)CC4)c3c2c1)S(=O)(=O)c1cccs1. The van der Waals surface area contributed by atoms with Crippen molar-refractivity contribution >= 4 is 66.7 Å². The summed E-state index contributed by atoms with van der Waals surface area (Å²) in [5, 5.41) is 18.8. The van der Waals surface area contributed by atoms with E-state index in [1.54, 1.807) is 36.8 Å². The van der Waals surface area contributed by atoms with Gasteiger partial charge in [-0.3, -0.25) is 9.71 Å². The van der Waals surface area contributed by atoms with Crippen molar-refractivity contribution in [3.63, 3.8) is 0 Å². The molecule has 4 aromatic rings. The van der Waals surface area contributed by atoms with Crippen molar-refractivity contribution in [1.29, 1.82) is 10.8 Å². The van der Waals surface area contributed by atoms with Gasteiger partial charge in [0, 0.05) is 50.3 Å². The lowest BCUT2D eigenvalue weighted by molar-refractivity contribution is 0.389. The fourth-order valence-corrected chi connectivity index (χ4v) is 6.56. The zero-order valence-corrected chi connectivity index (χ0v) is 19.6. The van der Waals surface area contributed by atoms with Crippen molar-refractivity contribution in [2.24, 2.45) is 0 Å². The van der Waals surface area contributed by atoms with E-state index >= 15 is 0 Å². The predicted octanol–water partition coefficient (Wildman–Crippen LogP) is 3.35. The molecule has 0 saturated carbocycles. The lowest BCUT2D eigenvalue weighted by Crippen LogP contribution is -2.49. The molecule has 170 valence electrons. The van der Waals surface area contributed by atoms with Crippen LogP contribution < -0.4 is 9.21 Å². The number of thiophene rings is 1. The highest BCUT2D eigenvalue weighted by atomic mass is 32.2. The molecule has 3 aromatic heterocycles. The number of anilines is 2. The van der Waals surface area contributed by atoms with Gasteiger partial charge in [0.05, 0.1) is 23.0 Å². The second-order valence-corrected chi connectivity index (χ2v) is 11.0. The molecule has 0 amide bonds. The number of nitrogens with one attached hydrogen (secondary N) is 3. The maximum absolute atomic E-state index is 13.0. The number of aromatic nitrogens is 2. The quantitative estimate of drug-likeness (QED) is 0.298. The van der Waals surface area contributed by atoms with Gasteiger partial charge in [-0.1, -0.05) is 6.07 Å². The topological polar surface area (TPSA) is 120 Å². The molecule has 5 rings (SSSR count). The van der Waals surface area contributed by atoms with Gasteiger partial charge in [0.1, 0.15) is 15.7 Å². The van der Waals surface area contributed by atoms with Crippen molar-refractivity contribution in [3.05, 3.63) is 48.0 Å². The minimum absolute atomic E-state index is 0.223. The second-order valence-electron chi connectivity index (χ2n) is 7.82. The summed E-state index contributed by atoms with van der Waals surface area (Å²) in [4.78, 5) is 12.0. The Balaban J connectivity index is 1.55. The monoisotopic (exact) mass is 481 g/mol. The number of pyridine rings is 1. The number of amidine groups is 1. The average molecular weight is 482 g/mol. The Bertz CT molecular complexity index is 1450. The second kappa shape index (κ2) is 8.16. The number of rotatable bonds is 5. The van der Waals surface area contributed by atoms with Crippen LogP contribution in [0.3, 0.4) is 0 Å². The van der Waals surface area contributed by atoms with Gasteiger partial charge in [0.2, 0.25) is 0 Å². The zero-order chi connectivity index (χ0) is 23.2. The van der Waals surface area contributed by atoms with Crippen LogP contribution in [0.15, 0.2) is 52.2 Å². The molecule has 1 saturated heterocycles. The predicted molar refractivity (Wildman–Crippen MR) is 134 cm³/mol. The number of H-pyrrole nitrogens is 1. The highest BCUT2D eigenvalue weighted by Crippen LogP contribution is 2.36. The summed E-state index contributed by atoms with van der Waals surface area (Å²) in [6.07, 6.45) is 2.84. The molecular weight excluding hydrogens is 458 g/mol. The van der Waals surface area contributed by atoms with E-state index in [4.69, 9.17) is 10.8 Å². The van der Waals surface area contributed by atoms with Crippen LogP contribution in [0.2, 0.25) is 0 Å². The minimum Gasteiger partial charge on any atom is -0.367 e. The van der Waals surface area contributed by atoms with Crippen LogP contribution in [-0.2, 0) is 10.0 Å². The van der Waals surface area contributed by atoms with Crippen LogP contribution in [0.5, 0.6) is 0 Å². The van der Waals surface area contributed by atoms with E-state index in [1.807, 2.05) is 23.1 Å². The number of aromatic amines is 1. The first kappa shape index (κ1) is 21.4. The molecule has 1 aliphatic rings. The van der Waals surface area contributed by atoms with Crippen molar-refractivity contribution in [3.8, 4) is 0 Å². The standard InChI is InChI=1S/C22H23N7O2S2/c1-27(33(30,31)20-3-2-12-32-20)15-4-5-17-16(13-15)21-18(6-7-25-22(21)26-17)28-8-10-29(11-9-28)19(24)14-23/h2-7,12-14,23-24H,8-11H2,1H3,(H,25,26). The Morgan fingerprint density at radius 3 is 2.70 bits per heavy atom. The van der Waals surface area contributed by atoms with Gasteiger partial charge in [-0.05, 0) is 35.7 Å². The first-order chi connectivity index (χ1) is 15.9. The Morgan fingerprint density at radius 1 is 1.21 bits per heavy atom. The number of hydrogen-bond acceptors (Lipinski definition) is 7. The summed E-state index contributed by atoms with van der Waals surface area (Å²) in [6.45, 7) is 2.75. The molecule has 1 aromatic carbocycles. The first-order valence-electron chi connectivity index (χ1n) is 10.4. The normalized spacial score (nSPS) is 14.7. The first-order valence-corrected chi connectivity index (χ1v) is 12.7. The van der Waals surface area contributed by atoms with Crippen LogP contribution in [0.4, 0.5) is 11.4 Å². The van der Waals surface area contributed by atoms with Gasteiger partial charge in [-0.2, -0.15) is 0 Å². The van der Waals surface area contributed by atoms with Crippen molar-refractivity contribution in [2.75, 3.05) is 42.4 Å². The van der Waals surface area contributed by atoms with Gasteiger partial charge in [-0.15, -0.1) is 11.3 Å².